The summed E-state index contributed by atoms with van der Waals surface area (Å²) in [4.78, 5) is 12.3. The number of anilines is 1. The van der Waals surface area contributed by atoms with Gasteiger partial charge in [0, 0.05) is 17.2 Å². The van der Waals surface area contributed by atoms with Gasteiger partial charge < -0.3 is 5.73 Å². The molecule has 2 N–H and O–H groups in total. The van der Waals surface area contributed by atoms with Crippen LogP contribution in [0.1, 0.15) is 49.9 Å². The maximum atomic E-state index is 12.3. The van der Waals surface area contributed by atoms with E-state index in [-0.39, 0.29) is 11.7 Å². The van der Waals surface area contributed by atoms with Crippen LogP contribution in [0.3, 0.4) is 0 Å². The average Bonchev–Trinajstić information content (AvgIpc) is 2.28. The van der Waals surface area contributed by atoms with E-state index in [9.17, 15) is 4.79 Å². The lowest BCUT2D eigenvalue weighted by Crippen LogP contribution is -2.15. The lowest BCUT2D eigenvalue weighted by molar-refractivity contribution is 0.0905. The molecule has 0 atom stereocenters. The number of benzene rings is 1. The number of ketones is 1. The summed E-state index contributed by atoms with van der Waals surface area (Å²) in [5.74, 6) is 0.241. The molecule has 0 heterocycles. The highest BCUT2D eigenvalue weighted by Crippen LogP contribution is 2.25. The molecule has 0 saturated carbocycles. The number of carbonyl (C=O) groups excluding carboxylic acids is 1. The summed E-state index contributed by atoms with van der Waals surface area (Å²) in [6, 6.07) is 5.11. The first kappa shape index (κ1) is 14.0. The molecule has 0 aliphatic heterocycles. The van der Waals surface area contributed by atoms with Crippen molar-refractivity contribution in [3.05, 3.63) is 28.8 Å². The average molecular weight is 254 g/mol. The maximum absolute atomic E-state index is 12.3. The van der Waals surface area contributed by atoms with E-state index in [1.807, 2.05) is 0 Å². The van der Waals surface area contributed by atoms with E-state index in [1.165, 1.54) is 0 Å². The number of rotatable bonds is 6. The summed E-state index contributed by atoms with van der Waals surface area (Å²) >= 11 is 6.07. The van der Waals surface area contributed by atoms with Crippen molar-refractivity contribution in [1.82, 2.24) is 0 Å². The molecule has 0 aliphatic rings. The summed E-state index contributed by atoms with van der Waals surface area (Å²) in [6.45, 7) is 4.20. The van der Waals surface area contributed by atoms with Crippen LogP contribution in [0.15, 0.2) is 18.2 Å². The van der Waals surface area contributed by atoms with Gasteiger partial charge in [-0.1, -0.05) is 38.3 Å². The van der Waals surface area contributed by atoms with Gasteiger partial charge in [0.05, 0.1) is 5.02 Å². The van der Waals surface area contributed by atoms with Gasteiger partial charge in [-0.15, -0.1) is 0 Å². The SMILES string of the molecule is CCCC(CCC)C(=O)c1ccc(N)cc1Cl. The van der Waals surface area contributed by atoms with Gasteiger partial charge in [0.2, 0.25) is 0 Å². The number of hydrogen-bond acceptors (Lipinski definition) is 2. The van der Waals surface area contributed by atoms with E-state index in [2.05, 4.69) is 13.8 Å². The van der Waals surface area contributed by atoms with Gasteiger partial charge >= 0.3 is 0 Å². The Labute approximate surface area is 108 Å². The standard InChI is InChI=1S/C14H20ClNO/c1-3-5-10(6-4-2)14(17)12-8-7-11(16)9-13(12)15/h7-10H,3-6,16H2,1-2H3. The molecule has 0 saturated heterocycles. The minimum Gasteiger partial charge on any atom is -0.399 e. The molecule has 0 aromatic heterocycles. The van der Waals surface area contributed by atoms with Crippen LogP contribution in [0, 0.1) is 5.92 Å². The topological polar surface area (TPSA) is 43.1 Å². The fourth-order valence-corrected chi connectivity index (χ4v) is 2.34. The normalized spacial score (nSPS) is 10.8. The second-order valence-corrected chi connectivity index (χ2v) is 4.79. The quantitative estimate of drug-likeness (QED) is 0.606. The fraction of sp³-hybridized carbons (Fsp3) is 0.500. The van der Waals surface area contributed by atoms with Gasteiger partial charge in [-0.3, -0.25) is 4.79 Å². The Morgan fingerprint density at radius 3 is 2.35 bits per heavy atom. The number of hydrogen-bond donors (Lipinski definition) is 1. The van der Waals surface area contributed by atoms with E-state index in [4.69, 9.17) is 17.3 Å². The first-order valence-corrected chi connectivity index (χ1v) is 6.57. The molecule has 1 rings (SSSR count). The third kappa shape index (κ3) is 3.74. The van der Waals surface area contributed by atoms with Crippen LogP contribution in [-0.4, -0.2) is 5.78 Å². The third-order valence-corrected chi connectivity index (χ3v) is 3.22. The van der Waals surface area contributed by atoms with E-state index in [0.717, 1.165) is 25.7 Å². The smallest absolute Gasteiger partial charge is 0.167 e. The minimum atomic E-state index is 0.0890. The second kappa shape index (κ2) is 6.65. The maximum Gasteiger partial charge on any atom is 0.167 e. The zero-order valence-corrected chi connectivity index (χ0v) is 11.3. The fourth-order valence-electron chi connectivity index (χ4n) is 2.05. The molecule has 1 aromatic carbocycles. The molecule has 3 heteroatoms. The van der Waals surface area contributed by atoms with E-state index in [1.54, 1.807) is 18.2 Å². The Kier molecular flexibility index (Phi) is 5.49. The number of carbonyl (C=O) groups is 1. The molecule has 0 aliphatic carbocycles. The van der Waals surface area contributed by atoms with Crippen molar-refractivity contribution in [3.63, 3.8) is 0 Å². The van der Waals surface area contributed by atoms with Crippen molar-refractivity contribution in [3.8, 4) is 0 Å². The third-order valence-electron chi connectivity index (χ3n) is 2.90. The molecular weight excluding hydrogens is 234 g/mol. The van der Waals surface area contributed by atoms with Crippen LogP contribution in [0.2, 0.25) is 5.02 Å². The van der Waals surface area contributed by atoms with E-state index < -0.39 is 0 Å². The number of nitrogen functional groups attached to an aromatic ring is 1. The van der Waals surface area contributed by atoms with Gasteiger partial charge in [-0.05, 0) is 31.0 Å². The minimum absolute atomic E-state index is 0.0890. The molecule has 0 radical (unpaired) electrons. The Morgan fingerprint density at radius 2 is 1.88 bits per heavy atom. The largest absolute Gasteiger partial charge is 0.399 e. The van der Waals surface area contributed by atoms with Crippen LogP contribution < -0.4 is 5.73 Å². The van der Waals surface area contributed by atoms with Crippen LogP contribution >= 0.6 is 11.6 Å². The zero-order valence-electron chi connectivity index (χ0n) is 10.5. The Morgan fingerprint density at radius 1 is 1.29 bits per heavy atom. The molecule has 0 spiro atoms. The van der Waals surface area contributed by atoms with Gasteiger partial charge in [0.15, 0.2) is 5.78 Å². The Balaban J connectivity index is 2.92. The predicted molar refractivity (Wildman–Crippen MR) is 73.5 cm³/mol. The molecule has 0 bridgehead atoms. The van der Waals surface area contributed by atoms with E-state index >= 15 is 0 Å². The van der Waals surface area contributed by atoms with Crippen LogP contribution in [-0.2, 0) is 0 Å². The summed E-state index contributed by atoms with van der Waals surface area (Å²) < 4.78 is 0. The van der Waals surface area contributed by atoms with Gasteiger partial charge in [0.1, 0.15) is 0 Å². The Bertz CT molecular complexity index is 384. The molecule has 0 amide bonds. The first-order chi connectivity index (χ1) is 8.10. The predicted octanol–water partition coefficient (Wildman–Crippen LogP) is 4.32. The van der Waals surface area contributed by atoms with Crippen LogP contribution in [0.25, 0.3) is 0 Å². The summed E-state index contributed by atoms with van der Waals surface area (Å²) in [6.07, 6.45) is 3.88. The zero-order chi connectivity index (χ0) is 12.8. The van der Waals surface area contributed by atoms with Crippen molar-refractivity contribution in [2.75, 3.05) is 5.73 Å². The highest BCUT2D eigenvalue weighted by atomic mass is 35.5. The van der Waals surface area contributed by atoms with Gasteiger partial charge in [-0.25, -0.2) is 0 Å². The van der Waals surface area contributed by atoms with Crippen molar-refractivity contribution in [1.29, 1.82) is 0 Å². The van der Waals surface area contributed by atoms with Crippen molar-refractivity contribution >= 4 is 23.1 Å². The van der Waals surface area contributed by atoms with Crippen LogP contribution in [0.4, 0.5) is 5.69 Å². The molecule has 0 unspecified atom stereocenters. The number of halogens is 1. The summed E-state index contributed by atoms with van der Waals surface area (Å²) in [5.41, 5.74) is 6.82. The van der Waals surface area contributed by atoms with Crippen molar-refractivity contribution in [2.45, 2.75) is 39.5 Å². The van der Waals surface area contributed by atoms with Crippen molar-refractivity contribution in [2.24, 2.45) is 5.92 Å². The monoisotopic (exact) mass is 253 g/mol. The molecule has 2 nitrogen and oxygen atoms in total. The lowest BCUT2D eigenvalue weighted by atomic mass is 9.90. The highest BCUT2D eigenvalue weighted by molar-refractivity contribution is 6.34. The number of Topliss-reactive ketones (excluding diaryl/α,β-unsaturated/α-hetero) is 1. The first-order valence-electron chi connectivity index (χ1n) is 6.19. The molecule has 94 valence electrons. The van der Waals surface area contributed by atoms with Crippen molar-refractivity contribution < 1.29 is 4.79 Å². The Hall–Kier alpha value is -1.02. The summed E-state index contributed by atoms with van der Waals surface area (Å²) in [5, 5.41) is 0.465. The molecule has 0 fully saturated rings. The molecular formula is C14H20ClNO. The second-order valence-electron chi connectivity index (χ2n) is 4.38. The van der Waals surface area contributed by atoms with Gasteiger partial charge in [0.25, 0.3) is 0 Å². The van der Waals surface area contributed by atoms with Crippen LogP contribution in [0.5, 0.6) is 0 Å². The molecule has 17 heavy (non-hydrogen) atoms. The lowest BCUT2D eigenvalue weighted by Gasteiger charge is -2.15. The van der Waals surface area contributed by atoms with E-state index in [0.29, 0.717) is 16.3 Å². The number of nitrogens with two attached hydrogens (primary N) is 1. The highest BCUT2D eigenvalue weighted by Gasteiger charge is 2.20. The van der Waals surface area contributed by atoms with Gasteiger partial charge in [-0.2, -0.15) is 0 Å². The molecule has 1 aromatic rings. The summed E-state index contributed by atoms with van der Waals surface area (Å²) in [7, 11) is 0.